The van der Waals surface area contributed by atoms with Gasteiger partial charge in [-0.05, 0) is 79.3 Å². The maximum atomic E-state index is 13.7. The Bertz CT molecular complexity index is 1460. The van der Waals surface area contributed by atoms with Crippen LogP contribution in [-0.2, 0) is 11.3 Å². The molecule has 2 aliphatic rings. The van der Waals surface area contributed by atoms with E-state index in [1.165, 1.54) is 19.4 Å². The molecule has 1 aliphatic carbocycles. The van der Waals surface area contributed by atoms with Gasteiger partial charge in [0.1, 0.15) is 12.3 Å². The van der Waals surface area contributed by atoms with Crippen LogP contribution in [0.1, 0.15) is 59.6 Å². The van der Waals surface area contributed by atoms with Gasteiger partial charge in [0.2, 0.25) is 5.88 Å². The van der Waals surface area contributed by atoms with E-state index < -0.39 is 24.6 Å². The van der Waals surface area contributed by atoms with Crippen LogP contribution < -0.4 is 14.4 Å². The number of rotatable bonds is 13. The number of piperidine rings is 1. The number of carbonyl (C=O) groups excluding carboxylic acids is 1. The molecule has 1 aromatic carbocycles. The van der Waals surface area contributed by atoms with Gasteiger partial charge in [-0.15, -0.1) is 0 Å². The zero-order chi connectivity index (χ0) is 32.0. The first kappa shape index (κ1) is 32.1. The zero-order valence-corrected chi connectivity index (χ0v) is 25.1. The molecule has 5 rings (SSSR count). The molecule has 12 heteroatoms. The second-order valence-corrected chi connectivity index (χ2v) is 11.7. The molecule has 1 unspecified atom stereocenters. The lowest BCUT2D eigenvalue weighted by Gasteiger charge is -2.35. The van der Waals surface area contributed by atoms with E-state index in [9.17, 15) is 27.9 Å². The fraction of sp³-hybridized carbons (Fsp3) is 0.455. The van der Waals surface area contributed by atoms with Crippen LogP contribution in [-0.4, -0.2) is 71.4 Å². The Kier molecular flexibility index (Phi) is 10.1. The Morgan fingerprint density at radius 2 is 1.82 bits per heavy atom. The summed E-state index contributed by atoms with van der Waals surface area (Å²) in [6.45, 7) is -0.129. The van der Waals surface area contributed by atoms with E-state index >= 15 is 0 Å². The van der Waals surface area contributed by atoms with Gasteiger partial charge < -0.3 is 24.4 Å². The van der Waals surface area contributed by atoms with E-state index in [1.54, 1.807) is 36.5 Å². The average molecular weight is 627 g/mol. The number of carbonyl (C=O) groups is 2. The van der Waals surface area contributed by atoms with Gasteiger partial charge in [-0.2, -0.15) is 13.2 Å². The van der Waals surface area contributed by atoms with E-state index in [1.807, 2.05) is 17.0 Å². The van der Waals surface area contributed by atoms with Crippen LogP contribution in [0.3, 0.4) is 0 Å². The molecule has 3 aromatic rings. The second kappa shape index (κ2) is 14.2. The van der Waals surface area contributed by atoms with Gasteiger partial charge in [-0.3, -0.25) is 14.6 Å². The van der Waals surface area contributed by atoms with Gasteiger partial charge in [-0.25, -0.2) is 4.98 Å². The number of amides is 1. The minimum absolute atomic E-state index is 0.0492. The van der Waals surface area contributed by atoms with Crippen molar-refractivity contribution >= 4 is 17.6 Å². The number of halogens is 3. The second-order valence-electron chi connectivity index (χ2n) is 11.7. The van der Waals surface area contributed by atoms with Crippen molar-refractivity contribution in [3.8, 4) is 11.6 Å². The molecule has 0 spiro atoms. The Morgan fingerprint density at radius 3 is 2.47 bits per heavy atom. The first-order valence-corrected chi connectivity index (χ1v) is 15.1. The summed E-state index contributed by atoms with van der Waals surface area (Å²) in [5.41, 5.74) is 1.97. The van der Waals surface area contributed by atoms with Crippen LogP contribution in [0.25, 0.3) is 0 Å². The van der Waals surface area contributed by atoms with Crippen molar-refractivity contribution in [3.63, 3.8) is 0 Å². The number of benzene rings is 1. The van der Waals surface area contributed by atoms with Crippen molar-refractivity contribution < 1.29 is 37.3 Å². The van der Waals surface area contributed by atoms with Crippen molar-refractivity contribution in [1.82, 2.24) is 14.9 Å². The van der Waals surface area contributed by atoms with Crippen LogP contribution in [0, 0.1) is 11.8 Å². The number of anilines is 1. The first-order chi connectivity index (χ1) is 21.6. The average Bonchev–Trinajstić information content (AvgIpc) is 3.87. The number of aliphatic carboxylic acids is 1. The highest BCUT2D eigenvalue weighted by atomic mass is 19.4. The summed E-state index contributed by atoms with van der Waals surface area (Å²) in [6, 6.07) is 13.4. The highest BCUT2D eigenvalue weighted by Gasteiger charge is 2.36. The standard InChI is InChI=1S/C33H37F3N4O5/c1-44-26-7-8-27(32(43)40(21-33(34,35)36)19-25-4-2-3-12-37-25)29(17-26)39-14-10-22(11-15-39)20-45-30-16-24(9-13-38-30)28(18-31(41)42)23-5-6-23/h2-4,7-9,12-13,16-17,22-23,28H,5-6,10-11,14-15,18-21H2,1H3,(H,41,42). The molecule has 0 radical (unpaired) electrons. The number of carboxylic acid groups (broad SMARTS) is 1. The Morgan fingerprint density at radius 1 is 1.04 bits per heavy atom. The first-order valence-electron chi connectivity index (χ1n) is 15.1. The minimum atomic E-state index is -4.58. The molecule has 9 nitrogen and oxygen atoms in total. The molecule has 1 amide bonds. The summed E-state index contributed by atoms with van der Waals surface area (Å²) < 4.78 is 52.1. The van der Waals surface area contributed by atoms with Crippen LogP contribution in [0.15, 0.2) is 60.9 Å². The predicted molar refractivity (Wildman–Crippen MR) is 160 cm³/mol. The zero-order valence-electron chi connectivity index (χ0n) is 25.1. The lowest BCUT2D eigenvalue weighted by molar-refractivity contribution is -0.141. The molecule has 240 valence electrons. The van der Waals surface area contributed by atoms with Gasteiger partial charge in [0.15, 0.2) is 0 Å². The van der Waals surface area contributed by atoms with Gasteiger partial charge in [-0.1, -0.05) is 6.07 Å². The quantitative estimate of drug-likeness (QED) is 0.248. The summed E-state index contributed by atoms with van der Waals surface area (Å²) >= 11 is 0. The van der Waals surface area contributed by atoms with E-state index in [4.69, 9.17) is 9.47 Å². The number of hydrogen-bond donors (Lipinski definition) is 1. The highest BCUT2D eigenvalue weighted by molar-refractivity contribution is 6.00. The molecule has 45 heavy (non-hydrogen) atoms. The summed E-state index contributed by atoms with van der Waals surface area (Å²) in [6.07, 6.45) is 2.15. The third-order valence-electron chi connectivity index (χ3n) is 8.37. The van der Waals surface area contributed by atoms with Crippen molar-refractivity contribution in [1.29, 1.82) is 0 Å². The molecular formula is C33H37F3N4O5. The van der Waals surface area contributed by atoms with E-state index in [0.717, 1.165) is 36.1 Å². The molecule has 1 atom stereocenters. The van der Waals surface area contributed by atoms with Gasteiger partial charge in [0, 0.05) is 37.6 Å². The molecule has 1 saturated heterocycles. The smallest absolute Gasteiger partial charge is 0.406 e. The van der Waals surface area contributed by atoms with Crippen LogP contribution in [0.5, 0.6) is 11.6 Å². The summed E-state index contributed by atoms with van der Waals surface area (Å²) in [7, 11) is 1.50. The monoisotopic (exact) mass is 626 g/mol. The minimum Gasteiger partial charge on any atom is -0.497 e. The Balaban J connectivity index is 1.25. The van der Waals surface area contributed by atoms with Crippen LogP contribution >= 0.6 is 0 Å². The number of aromatic nitrogens is 2. The summed E-state index contributed by atoms with van der Waals surface area (Å²) in [4.78, 5) is 36.3. The molecule has 2 fully saturated rings. The number of ether oxygens (including phenoxy) is 2. The molecule has 1 aliphatic heterocycles. The molecule has 3 heterocycles. The molecule has 0 bridgehead atoms. The number of methoxy groups -OCH3 is 1. The lowest BCUT2D eigenvalue weighted by atomic mass is 9.92. The summed E-state index contributed by atoms with van der Waals surface area (Å²) in [5.74, 6) is -0.0709. The Hall–Kier alpha value is -4.35. The number of alkyl halides is 3. The topological polar surface area (TPSA) is 105 Å². The predicted octanol–water partition coefficient (Wildman–Crippen LogP) is 5.95. The van der Waals surface area contributed by atoms with Crippen molar-refractivity contribution in [2.75, 3.05) is 38.3 Å². The molecule has 1 saturated carbocycles. The van der Waals surface area contributed by atoms with Crippen molar-refractivity contribution in [2.24, 2.45) is 11.8 Å². The van der Waals surface area contributed by atoms with E-state index in [-0.39, 0.29) is 30.4 Å². The molecule has 2 aromatic heterocycles. The third kappa shape index (κ3) is 8.86. The maximum Gasteiger partial charge on any atom is 0.406 e. The number of hydrogen-bond acceptors (Lipinski definition) is 7. The molecular weight excluding hydrogens is 589 g/mol. The lowest BCUT2D eigenvalue weighted by Crippen LogP contribution is -2.40. The fourth-order valence-electron chi connectivity index (χ4n) is 5.88. The maximum absolute atomic E-state index is 13.7. The number of pyridine rings is 2. The molecule has 1 N–H and O–H groups in total. The normalized spacial score (nSPS) is 16.2. The van der Waals surface area contributed by atoms with Gasteiger partial charge in [0.05, 0.1) is 43.6 Å². The fourth-order valence-corrected chi connectivity index (χ4v) is 5.88. The highest BCUT2D eigenvalue weighted by Crippen LogP contribution is 2.45. The number of carboxylic acids is 1. The van der Waals surface area contributed by atoms with Crippen molar-refractivity contribution in [3.05, 3.63) is 77.7 Å². The van der Waals surface area contributed by atoms with Crippen molar-refractivity contribution in [2.45, 2.75) is 50.7 Å². The van der Waals surface area contributed by atoms with Gasteiger partial charge >= 0.3 is 12.1 Å². The third-order valence-corrected chi connectivity index (χ3v) is 8.37. The largest absolute Gasteiger partial charge is 0.497 e. The van der Waals surface area contributed by atoms with Crippen LogP contribution in [0.4, 0.5) is 18.9 Å². The van der Waals surface area contributed by atoms with E-state index in [2.05, 4.69) is 9.97 Å². The van der Waals surface area contributed by atoms with Crippen LogP contribution in [0.2, 0.25) is 0 Å². The van der Waals surface area contributed by atoms with Gasteiger partial charge in [0.25, 0.3) is 5.91 Å². The Labute approximate surface area is 260 Å². The van der Waals surface area contributed by atoms with E-state index in [0.29, 0.717) is 48.6 Å². The number of nitrogens with zero attached hydrogens (tertiary/aromatic N) is 4. The SMILES string of the molecule is COc1ccc(C(=O)N(Cc2ccccn2)CC(F)(F)F)c(N2CCC(COc3cc(C(CC(=O)O)C4CC4)ccn3)CC2)c1. The summed E-state index contributed by atoms with van der Waals surface area (Å²) in [5, 5.41) is 9.35.